The second-order valence-corrected chi connectivity index (χ2v) is 7.16. The Bertz CT molecular complexity index is 695. The van der Waals surface area contributed by atoms with Crippen molar-refractivity contribution in [2.45, 2.75) is 19.8 Å². The number of piperidine rings is 1. The highest BCUT2D eigenvalue weighted by Gasteiger charge is 2.16. The first-order valence-corrected chi connectivity index (χ1v) is 9.22. The van der Waals surface area contributed by atoms with E-state index >= 15 is 0 Å². The summed E-state index contributed by atoms with van der Waals surface area (Å²) in [6.07, 6.45) is 2.46. The van der Waals surface area contributed by atoms with Crippen molar-refractivity contribution < 1.29 is 9.18 Å². The van der Waals surface area contributed by atoms with Crippen molar-refractivity contribution in [2.75, 3.05) is 26.2 Å². The van der Waals surface area contributed by atoms with Gasteiger partial charge in [-0.3, -0.25) is 4.79 Å². The Morgan fingerprint density at radius 1 is 1.38 bits per heavy atom. The van der Waals surface area contributed by atoms with Gasteiger partial charge in [-0.05, 0) is 44.0 Å². The lowest BCUT2D eigenvalue weighted by Gasteiger charge is -2.30. The van der Waals surface area contributed by atoms with E-state index in [0.29, 0.717) is 22.8 Å². The maximum atomic E-state index is 13.8. The SMILES string of the molecule is CC1CCN(CCNC(=O)c2csc(-c3ccccc3F)n2)CC1. The Balaban J connectivity index is 1.52. The van der Waals surface area contributed by atoms with Crippen LogP contribution in [0.25, 0.3) is 10.6 Å². The Hall–Kier alpha value is -1.79. The first-order chi connectivity index (χ1) is 11.6. The van der Waals surface area contributed by atoms with Crippen molar-refractivity contribution in [3.05, 3.63) is 41.2 Å². The number of aromatic nitrogens is 1. The molecule has 0 saturated carbocycles. The van der Waals surface area contributed by atoms with Gasteiger partial charge in [0.1, 0.15) is 16.5 Å². The highest BCUT2D eigenvalue weighted by molar-refractivity contribution is 7.13. The van der Waals surface area contributed by atoms with Gasteiger partial charge in [-0.25, -0.2) is 9.37 Å². The van der Waals surface area contributed by atoms with Crippen LogP contribution >= 0.6 is 11.3 Å². The van der Waals surface area contributed by atoms with E-state index in [-0.39, 0.29) is 11.7 Å². The molecule has 0 bridgehead atoms. The Morgan fingerprint density at radius 3 is 2.88 bits per heavy atom. The molecule has 1 aromatic heterocycles. The molecule has 0 atom stereocenters. The molecule has 1 fully saturated rings. The standard InChI is InChI=1S/C18H22FN3OS/c1-13-6-9-22(10-7-13)11-8-20-17(23)16-12-24-18(21-16)14-4-2-3-5-15(14)19/h2-5,12-13H,6-11H2,1H3,(H,20,23). The third-order valence-corrected chi connectivity index (χ3v) is 5.31. The third-order valence-electron chi connectivity index (χ3n) is 4.43. The number of rotatable bonds is 5. The summed E-state index contributed by atoms with van der Waals surface area (Å²) in [5.41, 5.74) is 0.787. The fourth-order valence-corrected chi connectivity index (χ4v) is 3.67. The normalized spacial score (nSPS) is 16.2. The van der Waals surface area contributed by atoms with Gasteiger partial charge in [-0.15, -0.1) is 11.3 Å². The van der Waals surface area contributed by atoms with Crippen LogP contribution in [0.5, 0.6) is 0 Å². The molecule has 2 heterocycles. The maximum absolute atomic E-state index is 13.8. The number of carbonyl (C=O) groups is 1. The second-order valence-electron chi connectivity index (χ2n) is 6.30. The lowest BCUT2D eigenvalue weighted by atomic mass is 9.99. The van der Waals surface area contributed by atoms with E-state index in [0.717, 1.165) is 25.6 Å². The second kappa shape index (κ2) is 7.85. The highest BCUT2D eigenvalue weighted by Crippen LogP contribution is 2.26. The number of halogens is 1. The van der Waals surface area contributed by atoms with Gasteiger partial charge in [0, 0.05) is 24.0 Å². The van der Waals surface area contributed by atoms with Crippen molar-refractivity contribution in [1.29, 1.82) is 0 Å². The molecule has 1 amide bonds. The van der Waals surface area contributed by atoms with Gasteiger partial charge in [0.05, 0.1) is 0 Å². The molecule has 1 aliphatic heterocycles. The molecule has 0 spiro atoms. The molecule has 0 aliphatic carbocycles. The number of likely N-dealkylation sites (tertiary alicyclic amines) is 1. The molecule has 1 aromatic carbocycles. The average molecular weight is 347 g/mol. The van der Waals surface area contributed by atoms with Gasteiger partial charge >= 0.3 is 0 Å². The third kappa shape index (κ3) is 4.19. The van der Waals surface area contributed by atoms with Crippen molar-refractivity contribution in [1.82, 2.24) is 15.2 Å². The van der Waals surface area contributed by atoms with Crippen LogP contribution in [0.3, 0.4) is 0 Å². The molecular weight excluding hydrogens is 325 g/mol. The largest absolute Gasteiger partial charge is 0.349 e. The number of benzene rings is 1. The zero-order chi connectivity index (χ0) is 16.9. The zero-order valence-corrected chi connectivity index (χ0v) is 14.6. The van der Waals surface area contributed by atoms with E-state index in [1.165, 1.54) is 30.2 Å². The van der Waals surface area contributed by atoms with Crippen molar-refractivity contribution >= 4 is 17.2 Å². The van der Waals surface area contributed by atoms with Gasteiger partial charge in [-0.2, -0.15) is 0 Å². The van der Waals surface area contributed by atoms with Crippen LogP contribution in [0, 0.1) is 11.7 Å². The van der Waals surface area contributed by atoms with E-state index < -0.39 is 0 Å². The molecule has 0 radical (unpaired) electrons. The molecule has 3 rings (SSSR count). The number of hydrogen-bond donors (Lipinski definition) is 1. The summed E-state index contributed by atoms with van der Waals surface area (Å²) in [4.78, 5) is 18.8. The van der Waals surface area contributed by atoms with Gasteiger partial charge < -0.3 is 10.2 Å². The molecule has 1 aliphatic rings. The van der Waals surface area contributed by atoms with Gasteiger partial charge in [0.25, 0.3) is 5.91 Å². The van der Waals surface area contributed by atoms with Gasteiger partial charge in [-0.1, -0.05) is 19.1 Å². The summed E-state index contributed by atoms with van der Waals surface area (Å²) in [5, 5.41) is 5.12. The zero-order valence-electron chi connectivity index (χ0n) is 13.8. The number of nitrogens with zero attached hydrogens (tertiary/aromatic N) is 2. The van der Waals surface area contributed by atoms with Crippen LogP contribution in [0.2, 0.25) is 0 Å². The van der Waals surface area contributed by atoms with E-state index in [1.807, 2.05) is 0 Å². The summed E-state index contributed by atoms with van der Waals surface area (Å²) in [5.74, 6) is 0.292. The number of hydrogen-bond acceptors (Lipinski definition) is 4. The molecule has 1 saturated heterocycles. The van der Waals surface area contributed by atoms with Crippen molar-refractivity contribution in [2.24, 2.45) is 5.92 Å². The molecule has 6 heteroatoms. The summed E-state index contributed by atoms with van der Waals surface area (Å²) in [6, 6.07) is 6.48. The summed E-state index contributed by atoms with van der Waals surface area (Å²) in [7, 11) is 0. The van der Waals surface area contributed by atoms with Crippen molar-refractivity contribution in [3.8, 4) is 10.6 Å². The van der Waals surface area contributed by atoms with Crippen LogP contribution in [0.1, 0.15) is 30.3 Å². The molecule has 4 nitrogen and oxygen atoms in total. The Labute approximate surface area is 145 Å². The summed E-state index contributed by atoms with van der Waals surface area (Å²) < 4.78 is 13.8. The lowest BCUT2D eigenvalue weighted by molar-refractivity contribution is 0.0940. The molecular formula is C18H22FN3OS. The number of carbonyl (C=O) groups excluding carboxylic acids is 1. The number of thiazole rings is 1. The molecule has 24 heavy (non-hydrogen) atoms. The summed E-state index contributed by atoms with van der Waals surface area (Å²) in [6.45, 7) is 5.97. The lowest BCUT2D eigenvalue weighted by Crippen LogP contribution is -2.39. The number of nitrogens with one attached hydrogen (secondary N) is 1. The van der Waals surface area contributed by atoms with Crippen LogP contribution < -0.4 is 5.32 Å². The topological polar surface area (TPSA) is 45.2 Å². The van der Waals surface area contributed by atoms with Gasteiger partial charge in [0.2, 0.25) is 0 Å². The smallest absolute Gasteiger partial charge is 0.270 e. The predicted octanol–water partition coefficient (Wildman–Crippen LogP) is 3.41. The van der Waals surface area contributed by atoms with Crippen LogP contribution in [-0.2, 0) is 0 Å². The van der Waals surface area contributed by atoms with E-state index in [9.17, 15) is 9.18 Å². The van der Waals surface area contributed by atoms with E-state index in [1.54, 1.807) is 23.6 Å². The summed E-state index contributed by atoms with van der Waals surface area (Å²) >= 11 is 1.28. The van der Waals surface area contributed by atoms with Crippen LogP contribution in [0.4, 0.5) is 4.39 Å². The first kappa shape index (κ1) is 17.0. The molecule has 128 valence electrons. The maximum Gasteiger partial charge on any atom is 0.270 e. The fourth-order valence-electron chi connectivity index (χ4n) is 2.84. The van der Waals surface area contributed by atoms with Crippen molar-refractivity contribution in [3.63, 3.8) is 0 Å². The molecule has 0 unspecified atom stereocenters. The molecule has 2 aromatic rings. The monoisotopic (exact) mass is 347 g/mol. The number of amides is 1. The minimum Gasteiger partial charge on any atom is -0.349 e. The molecule has 1 N–H and O–H groups in total. The minimum absolute atomic E-state index is 0.195. The van der Waals surface area contributed by atoms with E-state index in [4.69, 9.17) is 0 Å². The quantitative estimate of drug-likeness (QED) is 0.901. The van der Waals surface area contributed by atoms with E-state index in [2.05, 4.69) is 22.1 Å². The average Bonchev–Trinajstić information content (AvgIpc) is 3.07. The first-order valence-electron chi connectivity index (χ1n) is 8.34. The van der Waals surface area contributed by atoms with Crippen LogP contribution in [0.15, 0.2) is 29.6 Å². The van der Waals surface area contributed by atoms with Crippen LogP contribution in [-0.4, -0.2) is 42.0 Å². The Morgan fingerprint density at radius 2 is 2.12 bits per heavy atom. The minimum atomic E-state index is -0.321. The fraction of sp³-hybridized carbons (Fsp3) is 0.444. The highest BCUT2D eigenvalue weighted by atomic mass is 32.1. The predicted molar refractivity (Wildman–Crippen MR) is 94.7 cm³/mol. The Kier molecular flexibility index (Phi) is 5.58. The van der Waals surface area contributed by atoms with Gasteiger partial charge in [0.15, 0.2) is 0 Å².